The molecular formula is C23H29N7O3S. The first-order chi connectivity index (χ1) is 16.4. The molecule has 1 saturated heterocycles. The summed E-state index contributed by atoms with van der Waals surface area (Å²) in [6.45, 7) is 7.55. The average molecular weight is 484 g/mol. The molecule has 0 N–H and O–H groups in total. The van der Waals surface area contributed by atoms with Gasteiger partial charge in [0.05, 0.1) is 17.1 Å². The van der Waals surface area contributed by atoms with Gasteiger partial charge < -0.3 is 4.90 Å². The molecule has 0 atom stereocenters. The highest BCUT2D eigenvalue weighted by atomic mass is 32.2. The normalized spacial score (nSPS) is 15.1. The molecule has 34 heavy (non-hydrogen) atoms. The SMILES string of the molecule is CCN(CC)S(=O)(=O)c1ccc(C(=O)N2CCN(Cc3nnnn3-c3ccccc3)CC2)cc1. The van der Waals surface area contributed by atoms with E-state index in [4.69, 9.17) is 0 Å². The van der Waals surface area contributed by atoms with Crippen LogP contribution in [0.1, 0.15) is 30.0 Å². The highest BCUT2D eigenvalue weighted by Crippen LogP contribution is 2.18. The van der Waals surface area contributed by atoms with Gasteiger partial charge in [0.15, 0.2) is 5.82 Å². The summed E-state index contributed by atoms with van der Waals surface area (Å²) < 4.78 is 28.5. The lowest BCUT2D eigenvalue weighted by atomic mass is 10.2. The Kier molecular flexibility index (Phi) is 7.35. The molecule has 180 valence electrons. The zero-order valence-corrected chi connectivity index (χ0v) is 20.2. The van der Waals surface area contributed by atoms with Crippen molar-refractivity contribution in [3.63, 3.8) is 0 Å². The summed E-state index contributed by atoms with van der Waals surface area (Å²) in [5.41, 5.74) is 1.39. The van der Waals surface area contributed by atoms with Crippen LogP contribution in [0.5, 0.6) is 0 Å². The van der Waals surface area contributed by atoms with E-state index in [2.05, 4.69) is 20.4 Å². The molecule has 1 aliphatic heterocycles. The fraction of sp³-hybridized carbons (Fsp3) is 0.391. The molecule has 0 radical (unpaired) electrons. The van der Waals surface area contributed by atoms with Gasteiger partial charge in [-0.25, -0.2) is 8.42 Å². The zero-order valence-electron chi connectivity index (χ0n) is 19.4. The van der Waals surface area contributed by atoms with Crippen LogP contribution in [-0.2, 0) is 16.6 Å². The van der Waals surface area contributed by atoms with Crippen molar-refractivity contribution in [2.75, 3.05) is 39.3 Å². The Morgan fingerprint density at radius 2 is 1.59 bits per heavy atom. The zero-order chi connectivity index (χ0) is 24.1. The number of carbonyl (C=O) groups is 1. The van der Waals surface area contributed by atoms with E-state index in [1.807, 2.05) is 30.3 Å². The maximum atomic E-state index is 13.0. The van der Waals surface area contributed by atoms with E-state index in [-0.39, 0.29) is 10.8 Å². The van der Waals surface area contributed by atoms with Crippen LogP contribution in [-0.4, -0.2) is 87.9 Å². The molecule has 4 rings (SSSR count). The van der Waals surface area contributed by atoms with Gasteiger partial charge in [0.1, 0.15) is 0 Å². The maximum Gasteiger partial charge on any atom is 0.253 e. The van der Waals surface area contributed by atoms with Crippen molar-refractivity contribution in [2.24, 2.45) is 0 Å². The van der Waals surface area contributed by atoms with Gasteiger partial charge >= 0.3 is 0 Å². The van der Waals surface area contributed by atoms with Crippen molar-refractivity contribution in [1.29, 1.82) is 0 Å². The first-order valence-corrected chi connectivity index (χ1v) is 12.8. The minimum Gasteiger partial charge on any atom is -0.336 e. The highest BCUT2D eigenvalue weighted by molar-refractivity contribution is 7.89. The fourth-order valence-electron chi connectivity index (χ4n) is 4.05. The average Bonchev–Trinajstić information content (AvgIpc) is 3.33. The van der Waals surface area contributed by atoms with Crippen molar-refractivity contribution < 1.29 is 13.2 Å². The van der Waals surface area contributed by atoms with Gasteiger partial charge in [-0.05, 0) is 46.8 Å². The van der Waals surface area contributed by atoms with Crippen molar-refractivity contribution in [2.45, 2.75) is 25.3 Å². The number of para-hydroxylation sites is 1. The molecule has 2 aromatic carbocycles. The van der Waals surface area contributed by atoms with Gasteiger partial charge in [-0.3, -0.25) is 9.69 Å². The number of hydrogen-bond acceptors (Lipinski definition) is 7. The number of benzene rings is 2. The molecule has 1 aromatic heterocycles. The first-order valence-electron chi connectivity index (χ1n) is 11.4. The molecule has 1 aliphatic rings. The summed E-state index contributed by atoms with van der Waals surface area (Å²) >= 11 is 0. The second-order valence-electron chi connectivity index (χ2n) is 8.02. The summed E-state index contributed by atoms with van der Waals surface area (Å²) in [7, 11) is -3.54. The molecule has 0 aliphatic carbocycles. The topological polar surface area (TPSA) is 105 Å². The van der Waals surface area contributed by atoms with E-state index in [1.54, 1.807) is 35.6 Å². The molecule has 10 nitrogen and oxygen atoms in total. The number of sulfonamides is 1. The number of rotatable bonds is 8. The predicted molar refractivity (Wildman–Crippen MR) is 127 cm³/mol. The minimum atomic E-state index is -3.54. The van der Waals surface area contributed by atoms with Gasteiger partial charge in [-0.2, -0.15) is 8.99 Å². The fourth-order valence-corrected chi connectivity index (χ4v) is 5.51. The lowest BCUT2D eigenvalue weighted by molar-refractivity contribution is 0.0624. The van der Waals surface area contributed by atoms with E-state index < -0.39 is 10.0 Å². The summed E-state index contributed by atoms with van der Waals surface area (Å²) in [6.07, 6.45) is 0. The molecule has 0 unspecified atom stereocenters. The van der Waals surface area contributed by atoms with Gasteiger partial charge in [-0.15, -0.1) is 5.10 Å². The first kappa shape index (κ1) is 24.0. The molecule has 1 fully saturated rings. The molecule has 0 saturated carbocycles. The molecule has 1 amide bonds. The van der Waals surface area contributed by atoms with Crippen LogP contribution >= 0.6 is 0 Å². The number of piperazine rings is 1. The third-order valence-corrected chi connectivity index (χ3v) is 8.07. The molecule has 0 spiro atoms. The van der Waals surface area contributed by atoms with Crippen LogP contribution < -0.4 is 0 Å². The van der Waals surface area contributed by atoms with Crippen LogP contribution in [0.4, 0.5) is 0 Å². The Labute approximate surface area is 199 Å². The number of carbonyl (C=O) groups excluding carboxylic acids is 1. The second kappa shape index (κ2) is 10.4. The van der Waals surface area contributed by atoms with E-state index in [1.165, 1.54) is 16.4 Å². The van der Waals surface area contributed by atoms with Gasteiger partial charge in [-0.1, -0.05) is 32.0 Å². The largest absolute Gasteiger partial charge is 0.336 e. The van der Waals surface area contributed by atoms with Crippen molar-refractivity contribution in [3.8, 4) is 5.69 Å². The Hall–Kier alpha value is -3.15. The third-order valence-electron chi connectivity index (χ3n) is 6.00. The predicted octanol–water partition coefficient (Wildman–Crippen LogP) is 1.65. The summed E-state index contributed by atoms with van der Waals surface area (Å²) in [4.78, 5) is 17.2. The van der Waals surface area contributed by atoms with Crippen LogP contribution in [0.15, 0.2) is 59.5 Å². The quantitative estimate of drug-likeness (QED) is 0.480. The Bertz CT molecular complexity index is 1200. The van der Waals surface area contributed by atoms with Crippen LogP contribution in [0.2, 0.25) is 0 Å². The van der Waals surface area contributed by atoms with Crippen LogP contribution in [0, 0.1) is 0 Å². The lowest BCUT2D eigenvalue weighted by Crippen LogP contribution is -2.48. The van der Waals surface area contributed by atoms with E-state index in [0.29, 0.717) is 51.4 Å². The number of hydrogen-bond donors (Lipinski definition) is 0. The lowest BCUT2D eigenvalue weighted by Gasteiger charge is -2.34. The third kappa shape index (κ3) is 5.01. The van der Waals surface area contributed by atoms with Crippen molar-refractivity contribution >= 4 is 15.9 Å². The smallest absolute Gasteiger partial charge is 0.253 e. The summed E-state index contributed by atoms with van der Waals surface area (Å²) in [6, 6.07) is 16.0. The maximum absolute atomic E-state index is 13.0. The highest BCUT2D eigenvalue weighted by Gasteiger charge is 2.25. The number of tetrazole rings is 1. The Morgan fingerprint density at radius 3 is 2.21 bits per heavy atom. The number of amides is 1. The summed E-state index contributed by atoms with van der Waals surface area (Å²) in [5.74, 6) is 0.650. The van der Waals surface area contributed by atoms with Crippen molar-refractivity contribution in [3.05, 3.63) is 66.0 Å². The molecule has 3 aromatic rings. The number of aromatic nitrogens is 4. The van der Waals surface area contributed by atoms with Crippen LogP contribution in [0.25, 0.3) is 5.69 Å². The van der Waals surface area contributed by atoms with Gasteiger partial charge in [0, 0.05) is 44.8 Å². The standard InChI is InChI=1S/C23H29N7O3S/c1-3-29(4-2)34(32,33)21-12-10-19(11-13-21)23(31)28-16-14-27(15-17-28)18-22-24-25-26-30(22)20-8-6-5-7-9-20/h5-13H,3-4,14-18H2,1-2H3. The molecule has 0 bridgehead atoms. The Balaban J connectivity index is 1.36. The van der Waals surface area contributed by atoms with E-state index in [9.17, 15) is 13.2 Å². The van der Waals surface area contributed by atoms with E-state index >= 15 is 0 Å². The second-order valence-corrected chi connectivity index (χ2v) is 9.96. The van der Waals surface area contributed by atoms with E-state index in [0.717, 1.165) is 11.5 Å². The van der Waals surface area contributed by atoms with Crippen molar-refractivity contribution in [1.82, 2.24) is 34.3 Å². The summed E-state index contributed by atoms with van der Waals surface area (Å²) in [5, 5.41) is 12.1. The monoisotopic (exact) mass is 483 g/mol. The number of nitrogens with zero attached hydrogens (tertiary/aromatic N) is 7. The van der Waals surface area contributed by atoms with Crippen LogP contribution in [0.3, 0.4) is 0 Å². The Morgan fingerprint density at radius 1 is 0.941 bits per heavy atom. The molecular weight excluding hydrogens is 454 g/mol. The van der Waals surface area contributed by atoms with Gasteiger partial charge in [0.25, 0.3) is 5.91 Å². The molecule has 2 heterocycles. The molecule has 11 heteroatoms. The minimum absolute atomic E-state index is 0.0967. The van der Waals surface area contributed by atoms with Gasteiger partial charge in [0.2, 0.25) is 10.0 Å².